The van der Waals surface area contributed by atoms with Crippen molar-refractivity contribution in [1.82, 2.24) is 4.98 Å². The lowest BCUT2D eigenvalue weighted by Crippen LogP contribution is -2.30. The molecule has 0 bridgehead atoms. The normalized spacial score (nSPS) is 23.8. The molecule has 116 valence electrons. The molecule has 2 aliphatic carbocycles. The minimum atomic E-state index is -0.732. The molecular weight excluding hydrogens is 304 g/mol. The summed E-state index contributed by atoms with van der Waals surface area (Å²) in [6.07, 6.45) is 10.0. The summed E-state index contributed by atoms with van der Waals surface area (Å²) >= 11 is 3.61. The number of hydrogen-bond acceptors (Lipinski definition) is 5. The summed E-state index contributed by atoms with van der Waals surface area (Å²) in [5.41, 5.74) is 0.811. The van der Waals surface area contributed by atoms with Crippen LogP contribution < -0.4 is 5.32 Å². The Morgan fingerprint density at radius 2 is 2.24 bits per heavy atom. The maximum absolute atomic E-state index is 11.3. The van der Waals surface area contributed by atoms with E-state index >= 15 is 0 Å². The van der Waals surface area contributed by atoms with Crippen LogP contribution in [-0.4, -0.2) is 33.6 Å². The van der Waals surface area contributed by atoms with Gasteiger partial charge in [0.15, 0.2) is 5.13 Å². The van der Waals surface area contributed by atoms with Crippen LogP contribution in [0.15, 0.2) is 0 Å². The third kappa shape index (κ3) is 3.06. The fourth-order valence-corrected chi connectivity index (χ4v) is 5.42. The molecule has 1 aromatic heterocycles. The summed E-state index contributed by atoms with van der Waals surface area (Å²) in [4.78, 5) is 17.1. The zero-order valence-corrected chi connectivity index (χ0v) is 14.0. The maximum atomic E-state index is 11.3. The molecule has 0 saturated heterocycles. The van der Waals surface area contributed by atoms with E-state index in [1.54, 1.807) is 11.3 Å². The third-order valence-electron chi connectivity index (χ3n) is 4.76. The van der Waals surface area contributed by atoms with E-state index in [0.29, 0.717) is 4.75 Å². The van der Waals surface area contributed by atoms with Crippen LogP contribution in [0, 0.1) is 0 Å². The number of thiazole rings is 1. The van der Waals surface area contributed by atoms with Gasteiger partial charge < -0.3 is 10.4 Å². The van der Waals surface area contributed by atoms with Crippen LogP contribution in [0.3, 0.4) is 0 Å². The van der Waals surface area contributed by atoms with Gasteiger partial charge in [0.25, 0.3) is 0 Å². The molecule has 1 unspecified atom stereocenters. The number of nitrogens with zero attached hydrogens (tertiary/aromatic N) is 1. The van der Waals surface area contributed by atoms with Crippen molar-refractivity contribution >= 4 is 34.2 Å². The molecule has 0 spiro atoms. The Morgan fingerprint density at radius 1 is 1.48 bits per heavy atom. The second kappa shape index (κ2) is 6.16. The molecule has 6 heteroatoms. The van der Waals surface area contributed by atoms with E-state index in [0.717, 1.165) is 36.6 Å². The third-order valence-corrected chi connectivity index (χ3v) is 7.27. The maximum Gasteiger partial charge on any atom is 0.312 e. The van der Waals surface area contributed by atoms with E-state index < -0.39 is 11.9 Å². The van der Waals surface area contributed by atoms with Crippen molar-refractivity contribution < 1.29 is 9.90 Å². The van der Waals surface area contributed by atoms with E-state index in [2.05, 4.69) is 16.6 Å². The Morgan fingerprint density at radius 3 is 2.90 bits per heavy atom. The van der Waals surface area contributed by atoms with Gasteiger partial charge in [0, 0.05) is 16.2 Å². The number of aryl methyl sites for hydroxylation is 1. The zero-order chi connectivity index (χ0) is 14.9. The second-order valence-corrected chi connectivity index (χ2v) is 8.42. The van der Waals surface area contributed by atoms with E-state index in [-0.39, 0.29) is 0 Å². The van der Waals surface area contributed by atoms with Gasteiger partial charge in [0.2, 0.25) is 0 Å². The second-order valence-electron chi connectivity index (χ2n) is 6.06. The number of carbonyl (C=O) groups is 1. The van der Waals surface area contributed by atoms with Gasteiger partial charge in [-0.2, -0.15) is 11.8 Å². The van der Waals surface area contributed by atoms with Crippen LogP contribution in [0.2, 0.25) is 0 Å². The number of fused-ring (bicyclic) bond motifs is 1. The highest BCUT2D eigenvalue weighted by atomic mass is 32.2. The highest BCUT2D eigenvalue weighted by Gasteiger charge is 2.34. The molecule has 3 rings (SSSR count). The van der Waals surface area contributed by atoms with Crippen molar-refractivity contribution in [2.75, 3.05) is 18.1 Å². The molecule has 21 heavy (non-hydrogen) atoms. The summed E-state index contributed by atoms with van der Waals surface area (Å²) < 4.78 is 0.346. The van der Waals surface area contributed by atoms with Crippen molar-refractivity contribution in [1.29, 1.82) is 0 Å². The number of nitrogens with one attached hydrogen (secondary N) is 1. The molecule has 1 heterocycles. The Bertz CT molecular complexity index is 524. The van der Waals surface area contributed by atoms with Gasteiger partial charge >= 0.3 is 5.97 Å². The molecule has 2 N–H and O–H groups in total. The van der Waals surface area contributed by atoms with Gasteiger partial charge in [-0.25, -0.2) is 4.98 Å². The minimum Gasteiger partial charge on any atom is -0.481 e. The Labute approximate surface area is 133 Å². The van der Waals surface area contributed by atoms with Gasteiger partial charge in [-0.1, -0.05) is 12.8 Å². The smallest absolute Gasteiger partial charge is 0.312 e. The van der Waals surface area contributed by atoms with E-state index in [1.807, 2.05) is 11.8 Å². The number of thioether (sulfide) groups is 1. The number of carboxylic acids is 1. The summed E-state index contributed by atoms with van der Waals surface area (Å²) in [5.74, 6) is -1.13. The van der Waals surface area contributed by atoms with Gasteiger partial charge in [-0.15, -0.1) is 11.3 Å². The number of carboxylic acid groups (broad SMARTS) is 1. The lowest BCUT2D eigenvalue weighted by molar-refractivity contribution is -0.139. The summed E-state index contributed by atoms with van der Waals surface area (Å²) in [5, 5.41) is 13.7. The molecular formula is C15H22N2O2S2. The van der Waals surface area contributed by atoms with Crippen LogP contribution in [0.5, 0.6) is 0 Å². The molecule has 0 aromatic carbocycles. The van der Waals surface area contributed by atoms with Crippen LogP contribution >= 0.6 is 23.1 Å². The summed E-state index contributed by atoms with van der Waals surface area (Å²) in [6.45, 7) is 0.943. The van der Waals surface area contributed by atoms with Gasteiger partial charge in [-0.3, -0.25) is 4.79 Å². The molecule has 1 aromatic rings. The van der Waals surface area contributed by atoms with Crippen LogP contribution in [0.25, 0.3) is 0 Å². The molecule has 4 nitrogen and oxygen atoms in total. The van der Waals surface area contributed by atoms with Crippen LogP contribution in [-0.2, 0) is 11.2 Å². The first-order valence-corrected chi connectivity index (χ1v) is 9.69. The topological polar surface area (TPSA) is 62.2 Å². The number of hydrogen-bond donors (Lipinski definition) is 2. The fourth-order valence-electron chi connectivity index (χ4n) is 3.44. The van der Waals surface area contributed by atoms with Gasteiger partial charge in [-0.05, 0) is 38.4 Å². The van der Waals surface area contributed by atoms with E-state index in [9.17, 15) is 9.90 Å². The predicted molar refractivity (Wildman–Crippen MR) is 88.6 cm³/mol. The monoisotopic (exact) mass is 326 g/mol. The standard InChI is InChI=1S/C15H22N2O2S2/c1-20-15(7-2-3-8-15)9-16-14-17-12-10(13(18)19)5-4-6-11(12)21-14/h10H,2-9H2,1H3,(H,16,17)(H,18,19). The first-order valence-electron chi connectivity index (χ1n) is 7.65. The average molecular weight is 326 g/mol. The molecule has 1 saturated carbocycles. The lowest BCUT2D eigenvalue weighted by Gasteiger charge is -2.26. The molecule has 1 atom stereocenters. The lowest BCUT2D eigenvalue weighted by atomic mass is 9.91. The molecule has 0 amide bonds. The first kappa shape index (κ1) is 15.2. The molecule has 2 aliphatic rings. The molecule has 0 radical (unpaired) electrons. The number of rotatable bonds is 5. The fraction of sp³-hybridized carbons (Fsp3) is 0.733. The van der Waals surface area contributed by atoms with E-state index in [1.165, 1.54) is 30.6 Å². The molecule has 1 fully saturated rings. The van der Waals surface area contributed by atoms with E-state index in [4.69, 9.17) is 0 Å². The van der Waals surface area contributed by atoms with Crippen molar-refractivity contribution in [3.8, 4) is 0 Å². The Kier molecular flexibility index (Phi) is 4.45. The highest BCUT2D eigenvalue weighted by Crippen LogP contribution is 2.41. The summed E-state index contributed by atoms with van der Waals surface area (Å²) in [7, 11) is 0. The number of aliphatic carboxylic acids is 1. The number of aromatic nitrogens is 1. The SMILES string of the molecule is CSC1(CNc2nc3c(s2)CCCC3C(=O)O)CCCC1. The average Bonchev–Trinajstić information content (AvgIpc) is 3.11. The van der Waals surface area contributed by atoms with Crippen molar-refractivity contribution in [3.05, 3.63) is 10.6 Å². The van der Waals surface area contributed by atoms with Crippen molar-refractivity contribution in [2.24, 2.45) is 0 Å². The summed E-state index contributed by atoms with van der Waals surface area (Å²) in [6, 6.07) is 0. The zero-order valence-electron chi connectivity index (χ0n) is 12.4. The molecule has 0 aliphatic heterocycles. The number of anilines is 1. The van der Waals surface area contributed by atoms with Crippen LogP contribution in [0.1, 0.15) is 55.0 Å². The quantitative estimate of drug-likeness (QED) is 0.863. The van der Waals surface area contributed by atoms with Gasteiger partial charge in [0.1, 0.15) is 5.92 Å². The van der Waals surface area contributed by atoms with Gasteiger partial charge in [0.05, 0.1) is 5.69 Å². The highest BCUT2D eigenvalue weighted by molar-refractivity contribution is 8.00. The Balaban J connectivity index is 1.71. The minimum absolute atomic E-state index is 0.346. The predicted octanol–water partition coefficient (Wildman–Crippen LogP) is 3.74. The van der Waals surface area contributed by atoms with Crippen molar-refractivity contribution in [2.45, 2.75) is 55.6 Å². The van der Waals surface area contributed by atoms with Crippen LogP contribution in [0.4, 0.5) is 5.13 Å². The first-order chi connectivity index (χ1) is 10.1. The largest absolute Gasteiger partial charge is 0.481 e. The van der Waals surface area contributed by atoms with Crippen molar-refractivity contribution in [3.63, 3.8) is 0 Å². The Hall–Kier alpha value is -0.750.